The average Bonchev–Trinajstić information content (AvgIpc) is 2.98. The van der Waals surface area contributed by atoms with Crippen LogP contribution in [0.25, 0.3) is 0 Å². The van der Waals surface area contributed by atoms with Gasteiger partial charge in [0.25, 0.3) is 0 Å². The summed E-state index contributed by atoms with van der Waals surface area (Å²) in [6.07, 6.45) is 2.98. The van der Waals surface area contributed by atoms with Crippen LogP contribution in [-0.2, 0) is 23.4 Å². The summed E-state index contributed by atoms with van der Waals surface area (Å²) >= 11 is 0. The Balaban J connectivity index is 2.37. The van der Waals surface area contributed by atoms with E-state index in [0.717, 1.165) is 6.07 Å². The maximum absolute atomic E-state index is 13.9. The van der Waals surface area contributed by atoms with Crippen molar-refractivity contribution in [3.05, 3.63) is 53.1 Å². The van der Waals surface area contributed by atoms with Crippen molar-refractivity contribution < 1.29 is 18.7 Å². The van der Waals surface area contributed by atoms with E-state index in [4.69, 9.17) is 0 Å². The van der Waals surface area contributed by atoms with Gasteiger partial charge >= 0.3 is 0 Å². The van der Waals surface area contributed by atoms with Crippen molar-refractivity contribution >= 4 is 6.41 Å². The lowest BCUT2D eigenvalue weighted by atomic mass is 10.1. The Kier molecular flexibility index (Phi) is 5.89. The Labute approximate surface area is 145 Å². The monoisotopic (exact) mass is 351 g/mol. The molecule has 0 saturated heterocycles. The summed E-state index contributed by atoms with van der Waals surface area (Å²) in [5.41, 5.74) is -0.367. The molecule has 2 N–H and O–H groups in total. The lowest BCUT2D eigenvalue weighted by molar-refractivity contribution is -0.110. The number of rotatable bonds is 8. The highest BCUT2D eigenvalue weighted by atomic mass is 19.2. The third-order valence-corrected chi connectivity index (χ3v) is 4.14. The van der Waals surface area contributed by atoms with Crippen molar-refractivity contribution in [2.45, 2.75) is 51.8 Å². The van der Waals surface area contributed by atoms with E-state index in [1.54, 1.807) is 24.6 Å². The molecule has 1 aromatic heterocycles. The molecule has 7 heteroatoms. The highest BCUT2D eigenvalue weighted by Crippen LogP contribution is 2.26. The third-order valence-electron chi connectivity index (χ3n) is 4.14. The molecule has 0 aliphatic carbocycles. The van der Waals surface area contributed by atoms with Gasteiger partial charge in [-0.05, 0) is 38.3 Å². The maximum atomic E-state index is 13.9. The van der Waals surface area contributed by atoms with E-state index in [1.807, 2.05) is 6.92 Å². The summed E-state index contributed by atoms with van der Waals surface area (Å²) in [6.45, 7) is 5.45. The molecule has 1 aromatic carbocycles. The molecule has 25 heavy (non-hydrogen) atoms. The molecule has 0 unspecified atom stereocenters. The molecule has 0 aliphatic heterocycles. The smallest absolute Gasteiger partial charge is 0.207 e. The summed E-state index contributed by atoms with van der Waals surface area (Å²) < 4.78 is 29.1. The number of aryl methyl sites for hydroxylation is 1. The fourth-order valence-electron chi connectivity index (χ4n) is 2.82. The zero-order chi connectivity index (χ0) is 18.6. The Bertz CT molecular complexity index is 738. The number of halogens is 2. The van der Waals surface area contributed by atoms with Gasteiger partial charge in [0.2, 0.25) is 6.41 Å². The van der Waals surface area contributed by atoms with Crippen molar-refractivity contribution in [2.24, 2.45) is 0 Å². The number of nitrogens with zero attached hydrogens (tertiary/aromatic N) is 2. The van der Waals surface area contributed by atoms with Crippen LogP contribution in [0.2, 0.25) is 0 Å². The molecule has 0 fully saturated rings. The Morgan fingerprint density at radius 1 is 1.40 bits per heavy atom. The van der Waals surface area contributed by atoms with Crippen molar-refractivity contribution in [3.63, 3.8) is 0 Å². The van der Waals surface area contributed by atoms with Gasteiger partial charge in [0.15, 0.2) is 11.6 Å². The van der Waals surface area contributed by atoms with Gasteiger partial charge < -0.3 is 15.0 Å². The van der Waals surface area contributed by atoms with E-state index in [-0.39, 0.29) is 18.0 Å². The van der Waals surface area contributed by atoms with E-state index in [9.17, 15) is 18.7 Å². The second-order valence-electron chi connectivity index (χ2n) is 6.42. The fourth-order valence-corrected chi connectivity index (χ4v) is 2.82. The lowest BCUT2D eigenvalue weighted by Gasteiger charge is -2.23. The normalized spacial score (nSPS) is 12.9. The van der Waals surface area contributed by atoms with Crippen molar-refractivity contribution in [3.8, 4) is 0 Å². The summed E-state index contributed by atoms with van der Waals surface area (Å²) in [6, 6.07) is 3.73. The van der Waals surface area contributed by atoms with Gasteiger partial charge in [-0.3, -0.25) is 4.79 Å². The standard InChI is InChI=1S/C18H23F2N3O2/c1-4-14(22-11-24)17-21-10-15(18(2,3)25)23(17)9-8-12-6-5-7-13(19)16(12)20/h5-7,10-11,14,25H,4,8-9H2,1-3H3,(H,22,24)/t14-/m1/s1. The van der Waals surface area contributed by atoms with Crippen LogP contribution in [0.1, 0.15) is 50.3 Å². The van der Waals surface area contributed by atoms with Gasteiger partial charge in [-0.25, -0.2) is 13.8 Å². The number of hydrogen-bond acceptors (Lipinski definition) is 3. The van der Waals surface area contributed by atoms with Crippen LogP contribution in [-0.4, -0.2) is 21.1 Å². The first-order valence-corrected chi connectivity index (χ1v) is 8.20. The number of carbonyl (C=O) groups is 1. The molecule has 0 radical (unpaired) electrons. The second-order valence-corrected chi connectivity index (χ2v) is 6.42. The number of benzene rings is 1. The minimum absolute atomic E-state index is 0.230. The third kappa shape index (κ3) is 4.22. The summed E-state index contributed by atoms with van der Waals surface area (Å²) in [5.74, 6) is -1.18. The maximum Gasteiger partial charge on any atom is 0.207 e. The van der Waals surface area contributed by atoms with Gasteiger partial charge in [-0.2, -0.15) is 0 Å². The first-order chi connectivity index (χ1) is 11.8. The molecule has 2 rings (SSSR count). The van der Waals surface area contributed by atoms with Crippen LogP contribution >= 0.6 is 0 Å². The molecule has 1 amide bonds. The second kappa shape index (κ2) is 7.74. The van der Waals surface area contributed by atoms with E-state index in [2.05, 4.69) is 10.3 Å². The van der Waals surface area contributed by atoms with Gasteiger partial charge in [0.05, 0.1) is 17.9 Å². The predicted molar refractivity (Wildman–Crippen MR) is 89.8 cm³/mol. The predicted octanol–water partition coefficient (Wildman–Crippen LogP) is 2.83. The largest absolute Gasteiger partial charge is 0.384 e. The molecule has 5 nitrogen and oxygen atoms in total. The molecular weight excluding hydrogens is 328 g/mol. The van der Waals surface area contributed by atoms with Crippen LogP contribution < -0.4 is 5.32 Å². The molecule has 1 atom stereocenters. The molecule has 1 heterocycles. The van der Waals surface area contributed by atoms with Gasteiger partial charge in [-0.1, -0.05) is 19.1 Å². The van der Waals surface area contributed by atoms with Crippen molar-refractivity contribution in [1.29, 1.82) is 0 Å². The lowest BCUT2D eigenvalue weighted by Crippen LogP contribution is -2.27. The summed E-state index contributed by atoms with van der Waals surface area (Å²) in [5, 5.41) is 13.1. The van der Waals surface area contributed by atoms with Gasteiger partial charge in [-0.15, -0.1) is 0 Å². The van der Waals surface area contributed by atoms with Crippen molar-refractivity contribution in [1.82, 2.24) is 14.9 Å². The quantitative estimate of drug-likeness (QED) is 0.719. The molecule has 0 spiro atoms. The minimum atomic E-state index is -1.16. The first-order valence-electron chi connectivity index (χ1n) is 8.20. The van der Waals surface area contributed by atoms with E-state index < -0.39 is 17.2 Å². The number of carbonyl (C=O) groups excluding carboxylic acids is 1. The number of imidazole rings is 1. The zero-order valence-corrected chi connectivity index (χ0v) is 14.6. The number of aliphatic hydroxyl groups is 1. The average molecular weight is 351 g/mol. The van der Waals surface area contributed by atoms with Crippen LogP contribution in [0, 0.1) is 11.6 Å². The van der Waals surface area contributed by atoms with Crippen LogP contribution in [0.15, 0.2) is 24.4 Å². The summed E-state index contributed by atoms with van der Waals surface area (Å²) in [7, 11) is 0. The van der Waals surface area contributed by atoms with Gasteiger partial charge in [0, 0.05) is 6.54 Å². The van der Waals surface area contributed by atoms with Crippen LogP contribution in [0.5, 0.6) is 0 Å². The van der Waals surface area contributed by atoms with Gasteiger partial charge in [0.1, 0.15) is 11.4 Å². The Morgan fingerprint density at radius 3 is 2.72 bits per heavy atom. The number of hydrogen-bond donors (Lipinski definition) is 2. The number of nitrogens with one attached hydrogen (secondary N) is 1. The Morgan fingerprint density at radius 2 is 2.12 bits per heavy atom. The van der Waals surface area contributed by atoms with E-state index >= 15 is 0 Å². The Hall–Kier alpha value is -2.28. The molecule has 0 aliphatic rings. The highest BCUT2D eigenvalue weighted by Gasteiger charge is 2.26. The molecule has 2 aromatic rings. The molecule has 0 bridgehead atoms. The minimum Gasteiger partial charge on any atom is -0.384 e. The topological polar surface area (TPSA) is 67.2 Å². The first kappa shape index (κ1) is 19.1. The van der Waals surface area contributed by atoms with E-state index in [0.29, 0.717) is 30.9 Å². The molecule has 0 saturated carbocycles. The van der Waals surface area contributed by atoms with E-state index in [1.165, 1.54) is 12.1 Å². The van der Waals surface area contributed by atoms with Crippen LogP contribution in [0.4, 0.5) is 8.78 Å². The number of aromatic nitrogens is 2. The van der Waals surface area contributed by atoms with Crippen molar-refractivity contribution in [2.75, 3.05) is 0 Å². The van der Waals surface area contributed by atoms with Crippen LogP contribution in [0.3, 0.4) is 0 Å². The highest BCUT2D eigenvalue weighted by molar-refractivity contribution is 5.47. The SMILES string of the molecule is CC[C@@H](NC=O)c1ncc(C(C)(C)O)n1CCc1cccc(F)c1F. The molecule has 136 valence electrons. The fraction of sp³-hybridized carbons (Fsp3) is 0.444. The molecular formula is C18H23F2N3O2. The summed E-state index contributed by atoms with van der Waals surface area (Å²) in [4.78, 5) is 15.2. The number of amides is 1. The zero-order valence-electron chi connectivity index (χ0n) is 14.6.